The highest BCUT2D eigenvalue weighted by molar-refractivity contribution is 5.87. The van der Waals surface area contributed by atoms with Crippen LogP contribution in [0.2, 0.25) is 0 Å². The van der Waals surface area contributed by atoms with Crippen LogP contribution in [0.3, 0.4) is 0 Å². The molecule has 1 aromatic carbocycles. The highest BCUT2D eigenvalue weighted by Crippen LogP contribution is 2.28. The molecule has 138 valence electrons. The van der Waals surface area contributed by atoms with E-state index in [1.54, 1.807) is 12.1 Å². The predicted octanol–water partition coefficient (Wildman–Crippen LogP) is 3.33. The molecule has 0 saturated carbocycles. The maximum absolute atomic E-state index is 12.6. The van der Waals surface area contributed by atoms with Gasteiger partial charge in [0, 0.05) is 31.0 Å². The Balaban J connectivity index is 1.60. The fourth-order valence-electron chi connectivity index (χ4n) is 3.62. The van der Waals surface area contributed by atoms with Crippen molar-refractivity contribution in [2.45, 2.75) is 45.4 Å². The minimum Gasteiger partial charge on any atom is -0.478 e. The summed E-state index contributed by atoms with van der Waals surface area (Å²) in [7, 11) is 0. The predicted molar refractivity (Wildman–Crippen MR) is 96.3 cm³/mol. The first-order valence-electron chi connectivity index (χ1n) is 8.98. The van der Waals surface area contributed by atoms with Crippen LogP contribution in [0.4, 0.5) is 0 Å². The van der Waals surface area contributed by atoms with Gasteiger partial charge in [0.1, 0.15) is 5.76 Å². The summed E-state index contributed by atoms with van der Waals surface area (Å²) in [5.74, 6) is 0.271. The van der Waals surface area contributed by atoms with Gasteiger partial charge in [-0.05, 0) is 50.8 Å². The zero-order valence-corrected chi connectivity index (χ0v) is 15.2. The number of piperidine rings is 1. The van der Waals surface area contributed by atoms with Gasteiger partial charge in [-0.15, -0.1) is 0 Å². The van der Waals surface area contributed by atoms with Gasteiger partial charge in [0.2, 0.25) is 5.91 Å². The molecule has 0 spiro atoms. The monoisotopic (exact) mass is 356 g/mol. The number of amides is 1. The van der Waals surface area contributed by atoms with E-state index in [4.69, 9.17) is 9.63 Å². The minimum absolute atomic E-state index is 0.150. The molecule has 6 nitrogen and oxygen atoms in total. The van der Waals surface area contributed by atoms with Crippen molar-refractivity contribution in [3.8, 4) is 0 Å². The molecule has 1 aromatic heterocycles. The molecule has 2 heterocycles. The van der Waals surface area contributed by atoms with Crippen molar-refractivity contribution in [3.63, 3.8) is 0 Å². The van der Waals surface area contributed by atoms with Crippen molar-refractivity contribution in [2.75, 3.05) is 13.1 Å². The lowest BCUT2D eigenvalue weighted by Gasteiger charge is -2.33. The summed E-state index contributed by atoms with van der Waals surface area (Å²) in [5.41, 5.74) is 3.26. The molecule has 0 radical (unpaired) electrons. The van der Waals surface area contributed by atoms with Crippen LogP contribution in [-0.4, -0.2) is 40.1 Å². The van der Waals surface area contributed by atoms with Crippen molar-refractivity contribution < 1.29 is 19.2 Å². The van der Waals surface area contributed by atoms with Crippen LogP contribution in [0.25, 0.3) is 0 Å². The number of aromatic nitrogens is 1. The number of benzene rings is 1. The first-order valence-corrected chi connectivity index (χ1v) is 8.98. The standard InChI is InChI=1S/C20H24N2O4/c1-13-18(14(2)26-21-13)9-10-19(23)22-11-3-4-17(12-22)15-5-7-16(8-6-15)20(24)25/h5-8,17H,3-4,9-12H2,1-2H3,(H,24,25)/t17-/m0/s1. The number of carboxylic acid groups (broad SMARTS) is 1. The van der Waals surface area contributed by atoms with E-state index in [9.17, 15) is 9.59 Å². The molecule has 0 aliphatic carbocycles. The van der Waals surface area contributed by atoms with Gasteiger partial charge in [-0.25, -0.2) is 4.79 Å². The van der Waals surface area contributed by atoms with E-state index in [0.717, 1.165) is 42.0 Å². The normalized spacial score (nSPS) is 17.3. The number of rotatable bonds is 5. The second-order valence-electron chi connectivity index (χ2n) is 6.91. The Labute approximate surface area is 152 Å². The first kappa shape index (κ1) is 18.2. The average Bonchev–Trinajstić information content (AvgIpc) is 2.97. The molecule has 1 fully saturated rings. The molecule has 1 saturated heterocycles. The van der Waals surface area contributed by atoms with E-state index in [1.807, 2.05) is 30.9 Å². The van der Waals surface area contributed by atoms with Crippen molar-refractivity contribution >= 4 is 11.9 Å². The van der Waals surface area contributed by atoms with Gasteiger partial charge in [0.05, 0.1) is 11.3 Å². The molecular weight excluding hydrogens is 332 g/mol. The summed E-state index contributed by atoms with van der Waals surface area (Å²) in [5, 5.41) is 12.9. The molecule has 1 atom stereocenters. The SMILES string of the molecule is Cc1noc(C)c1CCC(=O)N1CCC[C@H](c2ccc(C(=O)O)cc2)C1. The third-order valence-electron chi connectivity index (χ3n) is 5.17. The first-order chi connectivity index (χ1) is 12.5. The summed E-state index contributed by atoms with van der Waals surface area (Å²) < 4.78 is 5.16. The van der Waals surface area contributed by atoms with E-state index in [2.05, 4.69) is 5.16 Å². The van der Waals surface area contributed by atoms with Crippen LogP contribution in [0.1, 0.15) is 58.1 Å². The number of hydrogen-bond donors (Lipinski definition) is 1. The van der Waals surface area contributed by atoms with E-state index < -0.39 is 5.97 Å². The van der Waals surface area contributed by atoms with Crippen LogP contribution in [0.15, 0.2) is 28.8 Å². The molecular formula is C20H24N2O4. The topological polar surface area (TPSA) is 83.6 Å². The number of carboxylic acids is 1. The Morgan fingerprint density at radius 2 is 2.00 bits per heavy atom. The second kappa shape index (κ2) is 7.72. The maximum Gasteiger partial charge on any atom is 0.335 e. The lowest BCUT2D eigenvalue weighted by molar-refractivity contribution is -0.132. The molecule has 2 aromatic rings. The van der Waals surface area contributed by atoms with Gasteiger partial charge in [-0.3, -0.25) is 4.79 Å². The molecule has 6 heteroatoms. The quantitative estimate of drug-likeness (QED) is 0.888. The van der Waals surface area contributed by atoms with E-state index >= 15 is 0 Å². The molecule has 0 bridgehead atoms. The highest BCUT2D eigenvalue weighted by Gasteiger charge is 2.25. The Hall–Kier alpha value is -2.63. The van der Waals surface area contributed by atoms with Gasteiger partial charge in [-0.1, -0.05) is 17.3 Å². The molecule has 1 N–H and O–H groups in total. The lowest BCUT2D eigenvalue weighted by atomic mass is 9.90. The Bertz CT molecular complexity index is 775. The highest BCUT2D eigenvalue weighted by atomic mass is 16.5. The Morgan fingerprint density at radius 3 is 2.62 bits per heavy atom. The number of hydrogen-bond acceptors (Lipinski definition) is 4. The third-order valence-corrected chi connectivity index (χ3v) is 5.17. The summed E-state index contributed by atoms with van der Waals surface area (Å²) in [6.07, 6.45) is 3.07. The van der Waals surface area contributed by atoms with Gasteiger partial charge in [-0.2, -0.15) is 0 Å². The minimum atomic E-state index is -0.920. The smallest absolute Gasteiger partial charge is 0.335 e. The maximum atomic E-state index is 12.6. The molecule has 0 unspecified atom stereocenters. The number of aromatic carboxylic acids is 1. The van der Waals surface area contributed by atoms with Crippen LogP contribution in [0, 0.1) is 13.8 Å². The fraction of sp³-hybridized carbons (Fsp3) is 0.450. The van der Waals surface area contributed by atoms with E-state index in [0.29, 0.717) is 19.4 Å². The summed E-state index contributed by atoms with van der Waals surface area (Å²) in [6, 6.07) is 7.00. The van der Waals surface area contributed by atoms with Crippen molar-refractivity contribution in [2.24, 2.45) is 0 Å². The molecule has 1 amide bonds. The molecule has 26 heavy (non-hydrogen) atoms. The van der Waals surface area contributed by atoms with Crippen molar-refractivity contribution in [1.82, 2.24) is 10.1 Å². The van der Waals surface area contributed by atoms with E-state index in [1.165, 1.54) is 0 Å². The molecule has 3 rings (SSSR count). The lowest BCUT2D eigenvalue weighted by Crippen LogP contribution is -2.39. The number of carbonyl (C=O) groups is 2. The van der Waals surface area contributed by atoms with Crippen molar-refractivity contribution in [1.29, 1.82) is 0 Å². The zero-order valence-electron chi connectivity index (χ0n) is 15.2. The van der Waals surface area contributed by atoms with Crippen LogP contribution in [0.5, 0.6) is 0 Å². The number of carbonyl (C=O) groups excluding carboxylic acids is 1. The molecule has 1 aliphatic heterocycles. The third kappa shape index (κ3) is 3.95. The van der Waals surface area contributed by atoms with Crippen LogP contribution in [-0.2, 0) is 11.2 Å². The zero-order chi connectivity index (χ0) is 18.7. The number of likely N-dealkylation sites (tertiary alicyclic amines) is 1. The second-order valence-corrected chi connectivity index (χ2v) is 6.91. The van der Waals surface area contributed by atoms with Gasteiger partial charge < -0.3 is 14.5 Å². The Kier molecular flexibility index (Phi) is 5.40. The van der Waals surface area contributed by atoms with Crippen LogP contribution < -0.4 is 0 Å². The van der Waals surface area contributed by atoms with Gasteiger partial charge in [0.15, 0.2) is 0 Å². The number of nitrogens with zero attached hydrogens (tertiary/aromatic N) is 2. The Morgan fingerprint density at radius 1 is 1.27 bits per heavy atom. The van der Waals surface area contributed by atoms with E-state index in [-0.39, 0.29) is 17.4 Å². The van der Waals surface area contributed by atoms with Crippen molar-refractivity contribution in [3.05, 3.63) is 52.4 Å². The average molecular weight is 356 g/mol. The van der Waals surface area contributed by atoms with Gasteiger partial charge >= 0.3 is 5.97 Å². The fourth-order valence-corrected chi connectivity index (χ4v) is 3.62. The molecule has 1 aliphatic rings. The van der Waals surface area contributed by atoms with Gasteiger partial charge in [0.25, 0.3) is 0 Å². The summed E-state index contributed by atoms with van der Waals surface area (Å²) in [6.45, 7) is 5.24. The largest absolute Gasteiger partial charge is 0.478 e. The number of aryl methyl sites for hydroxylation is 2. The summed E-state index contributed by atoms with van der Waals surface area (Å²) in [4.78, 5) is 25.5. The summed E-state index contributed by atoms with van der Waals surface area (Å²) >= 11 is 0. The van der Waals surface area contributed by atoms with Crippen LogP contribution >= 0.6 is 0 Å².